The minimum absolute atomic E-state index is 0.0512. The molecule has 1 saturated heterocycles. The van der Waals surface area contributed by atoms with Crippen molar-refractivity contribution in [1.29, 1.82) is 0 Å². The van der Waals surface area contributed by atoms with Crippen LogP contribution in [0.1, 0.15) is 24.6 Å². The van der Waals surface area contributed by atoms with Crippen LogP contribution < -0.4 is 16.4 Å². The normalized spacial score (nSPS) is 20.2. The molecule has 1 atom stereocenters. The van der Waals surface area contributed by atoms with Gasteiger partial charge in [0.15, 0.2) is 0 Å². The van der Waals surface area contributed by atoms with E-state index < -0.39 is 0 Å². The minimum atomic E-state index is 0.0512. The molecule has 0 aromatic carbocycles. The van der Waals surface area contributed by atoms with Crippen molar-refractivity contribution in [2.75, 3.05) is 23.7 Å². The second-order valence-corrected chi connectivity index (χ2v) is 9.00. The van der Waals surface area contributed by atoms with E-state index in [4.69, 9.17) is 23.1 Å². The van der Waals surface area contributed by atoms with Gasteiger partial charge >= 0.3 is 0 Å². The van der Waals surface area contributed by atoms with E-state index in [1.165, 1.54) is 11.8 Å². The SMILES string of the molecule is Nc1ccc(Sc2cnc(N3CCC4(CC3)Cn3nccc3[C@H]4N)cn2)c(Cl)n1. The molecule has 5 heterocycles. The smallest absolute Gasteiger partial charge is 0.147 e. The number of aromatic nitrogens is 5. The van der Waals surface area contributed by atoms with Crippen LogP contribution in [0.4, 0.5) is 11.6 Å². The Morgan fingerprint density at radius 2 is 1.97 bits per heavy atom. The number of fused-ring (bicyclic) bond motifs is 1. The van der Waals surface area contributed by atoms with Crippen LogP contribution >= 0.6 is 23.4 Å². The molecule has 0 bridgehead atoms. The molecule has 3 aromatic heterocycles. The number of nitrogen functional groups attached to an aromatic ring is 1. The maximum atomic E-state index is 6.57. The van der Waals surface area contributed by atoms with Gasteiger partial charge in [-0.3, -0.25) is 4.68 Å². The number of halogens is 1. The maximum absolute atomic E-state index is 6.57. The molecule has 2 aliphatic rings. The van der Waals surface area contributed by atoms with Crippen molar-refractivity contribution in [2.24, 2.45) is 11.1 Å². The van der Waals surface area contributed by atoms with E-state index in [2.05, 4.69) is 29.6 Å². The minimum Gasteiger partial charge on any atom is -0.384 e. The molecule has 0 saturated carbocycles. The van der Waals surface area contributed by atoms with Gasteiger partial charge in [-0.2, -0.15) is 5.10 Å². The van der Waals surface area contributed by atoms with Crippen LogP contribution in [-0.4, -0.2) is 37.8 Å². The van der Waals surface area contributed by atoms with Gasteiger partial charge in [-0.05, 0) is 31.0 Å². The number of hydrogen-bond acceptors (Lipinski definition) is 8. The Kier molecular flexibility index (Phi) is 4.60. The summed E-state index contributed by atoms with van der Waals surface area (Å²) >= 11 is 7.56. The first kappa shape index (κ1) is 18.7. The van der Waals surface area contributed by atoms with Gasteiger partial charge in [0.25, 0.3) is 0 Å². The lowest BCUT2D eigenvalue weighted by Crippen LogP contribution is -2.45. The van der Waals surface area contributed by atoms with Gasteiger partial charge < -0.3 is 16.4 Å². The number of nitrogens with zero attached hydrogens (tertiary/aromatic N) is 6. The van der Waals surface area contributed by atoms with Crippen LogP contribution in [-0.2, 0) is 6.54 Å². The molecular formula is C19H21ClN8S. The summed E-state index contributed by atoms with van der Waals surface area (Å²) in [5.41, 5.74) is 13.5. The van der Waals surface area contributed by atoms with Gasteiger partial charge in [0.2, 0.25) is 0 Å². The molecule has 0 amide bonds. The largest absolute Gasteiger partial charge is 0.384 e. The number of nitrogens with two attached hydrogens (primary N) is 2. The predicted molar refractivity (Wildman–Crippen MR) is 113 cm³/mol. The van der Waals surface area contributed by atoms with Crippen LogP contribution in [0.3, 0.4) is 0 Å². The number of anilines is 2. The Balaban J connectivity index is 1.24. The quantitative estimate of drug-likeness (QED) is 0.612. The molecule has 3 aromatic rings. The molecule has 10 heteroatoms. The predicted octanol–water partition coefficient (Wildman–Crippen LogP) is 2.76. The van der Waals surface area contributed by atoms with Gasteiger partial charge in [0.1, 0.15) is 21.8 Å². The zero-order valence-electron chi connectivity index (χ0n) is 15.7. The Labute approximate surface area is 177 Å². The lowest BCUT2D eigenvalue weighted by Gasteiger charge is -2.41. The fraction of sp³-hybridized carbons (Fsp3) is 0.368. The molecule has 1 fully saturated rings. The fourth-order valence-corrected chi connectivity index (χ4v) is 5.23. The van der Waals surface area contributed by atoms with Crippen molar-refractivity contribution < 1.29 is 0 Å². The first-order chi connectivity index (χ1) is 14.0. The summed E-state index contributed by atoms with van der Waals surface area (Å²) in [4.78, 5) is 16.3. The lowest BCUT2D eigenvalue weighted by molar-refractivity contribution is 0.170. The highest BCUT2D eigenvalue weighted by molar-refractivity contribution is 7.99. The molecule has 8 nitrogen and oxygen atoms in total. The van der Waals surface area contributed by atoms with Gasteiger partial charge in [0.05, 0.1) is 29.0 Å². The highest BCUT2D eigenvalue weighted by Crippen LogP contribution is 2.47. The molecule has 2 aliphatic heterocycles. The summed E-state index contributed by atoms with van der Waals surface area (Å²) in [6, 6.07) is 5.65. The summed E-state index contributed by atoms with van der Waals surface area (Å²) in [5, 5.41) is 5.54. The van der Waals surface area contributed by atoms with Crippen molar-refractivity contribution in [2.45, 2.75) is 35.3 Å². The monoisotopic (exact) mass is 428 g/mol. The lowest BCUT2D eigenvalue weighted by atomic mass is 9.73. The Morgan fingerprint density at radius 3 is 2.66 bits per heavy atom. The average molecular weight is 429 g/mol. The molecule has 0 aliphatic carbocycles. The van der Waals surface area contributed by atoms with Crippen molar-refractivity contribution in [3.8, 4) is 0 Å². The topological polar surface area (TPSA) is 112 Å². The maximum Gasteiger partial charge on any atom is 0.147 e. The molecule has 0 radical (unpaired) electrons. The molecule has 4 N–H and O–H groups in total. The third-order valence-electron chi connectivity index (χ3n) is 5.94. The van der Waals surface area contributed by atoms with Gasteiger partial charge in [0, 0.05) is 31.2 Å². The summed E-state index contributed by atoms with van der Waals surface area (Å²) in [7, 11) is 0. The summed E-state index contributed by atoms with van der Waals surface area (Å²) < 4.78 is 2.06. The van der Waals surface area contributed by atoms with Crippen molar-refractivity contribution >= 4 is 35.0 Å². The van der Waals surface area contributed by atoms with Crippen LogP contribution in [0.2, 0.25) is 5.15 Å². The Hall–Kier alpha value is -2.36. The van der Waals surface area contributed by atoms with E-state index in [1.54, 1.807) is 12.3 Å². The molecule has 0 unspecified atom stereocenters. The van der Waals surface area contributed by atoms with E-state index in [0.717, 1.165) is 53.9 Å². The number of pyridine rings is 1. The third-order valence-corrected chi connectivity index (χ3v) is 7.31. The fourth-order valence-electron chi connectivity index (χ4n) is 4.25. The number of rotatable bonds is 3. The van der Waals surface area contributed by atoms with Crippen LogP contribution in [0.25, 0.3) is 0 Å². The molecule has 5 rings (SSSR count). The van der Waals surface area contributed by atoms with Crippen molar-refractivity contribution in [1.82, 2.24) is 24.7 Å². The molecule has 29 heavy (non-hydrogen) atoms. The van der Waals surface area contributed by atoms with Crippen molar-refractivity contribution in [3.63, 3.8) is 0 Å². The Bertz CT molecular complexity index is 1030. The van der Waals surface area contributed by atoms with Crippen LogP contribution in [0, 0.1) is 5.41 Å². The van der Waals surface area contributed by atoms with Crippen LogP contribution in [0.5, 0.6) is 0 Å². The van der Waals surface area contributed by atoms with E-state index in [0.29, 0.717) is 11.0 Å². The third kappa shape index (κ3) is 3.33. The zero-order chi connectivity index (χ0) is 20.0. The Morgan fingerprint density at radius 1 is 1.14 bits per heavy atom. The summed E-state index contributed by atoms with van der Waals surface area (Å²) in [6.45, 7) is 2.73. The molecule has 1 spiro atoms. The van der Waals surface area contributed by atoms with E-state index in [9.17, 15) is 0 Å². The van der Waals surface area contributed by atoms with E-state index in [-0.39, 0.29) is 11.5 Å². The standard InChI is InChI=1S/C19H21ClN8S/c20-18-13(1-2-14(21)26-18)29-16-10-23-15(9-24-16)27-7-4-19(5-8-27)11-28-12(17(19)22)3-6-25-28/h1-3,6,9-10,17H,4-5,7-8,11,22H2,(H2,21,26)/t17-/m1/s1. The van der Waals surface area contributed by atoms with Crippen molar-refractivity contribution in [3.05, 3.63) is 47.6 Å². The van der Waals surface area contributed by atoms with Gasteiger partial charge in [-0.25, -0.2) is 15.0 Å². The number of hydrogen-bond donors (Lipinski definition) is 2. The summed E-state index contributed by atoms with van der Waals surface area (Å²) in [5.74, 6) is 1.28. The first-order valence-electron chi connectivity index (χ1n) is 9.48. The zero-order valence-corrected chi connectivity index (χ0v) is 17.3. The highest BCUT2D eigenvalue weighted by Gasteiger charge is 2.46. The first-order valence-corrected chi connectivity index (χ1v) is 10.7. The average Bonchev–Trinajstić information content (AvgIpc) is 3.27. The second-order valence-electron chi connectivity index (χ2n) is 7.58. The molecule has 150 valence electrons. The molecular weight excluding hydrogens is 408 g/mol. The van der Waals surface area contributed by atoms with E-state index >= 15 is 0 Å². The highest BCUT2D eigenvalue weighted by atomic mass is 35.5. The number of piperidine rings is 1. The summed E-state index contributed by atoms with van der Waals surface area (Å²) in [6.07, 6.45) is 7.46. The van der Waals surface area contributed by atoms with Crippen LogP contribution in [0.15, 0.2) is 46.7 Å². The van der Waals surface area contributed by atoms with E-state index in [1.807, 2.05) is 24.5 Å². The van der Waals surface area contributed by atoms with Gasteiger partial charge in [-0.15, -0.1) is 0 Å². The second kappa shape index (κ2) is 7.16. The van der Waals surface area contributed by atoms with Gasteiger partial charge in [-0.1, -0.05) is 23.4 Å².